The molecule has 0 bridgehead atoms. The van der Waals surface area contributed by atoms with Crippen molar-refractivity contribution in [1.29, 1.82) is 0 Å². The van der Waals surface area contributed by atoms with E-state index in [4.69, 9.17) is 4.99 Å². The number of piperidine rings is 1. The van der Waals surface area contributed by atoms with E-state index in [0.29, 0.717) is 0 Å². The molecule has 2 aromatic rings. The Balaban J connectivity index is 1.24. The topological polar surface area (TPSA) is 59.9 Å². The summed E-state index contributed by atoms with van der Waals surface area (Å²) in [5, 5.41) is 3.50. The summed E-state index contributed by atoms with van der Waals surface area (Å²) in [4.78, 5) is 20.9. The first-order chi connectivity index (χ1) is 15.8. The molecule has 0 aliphatic carbocycles. The molecule has 3 heterocycles. The summed E-state index contributed by atoms with van der Waals surface area (Å²) in [5.74, 6) is 1.90. The van der Waals surface area contributed by atoms with Crippen LogP contribution in [-0.2, 0) is 0 Å². The number of nitrogens with one attached hydrogen (secondary N) is 1. The van der Waals surface area contributed by atoms with Crippen molar-refractivity contribution in [2.45, 2.75) is 19.8 Å². The first-order valence-electron chi connectivity index (χ1n) is 11.8. The van der Waals surface area contributed by atoms with Crippen LogP contribution in [0.3, 0.4) is 0 Å². The van der Waals surface area contributed by atoms with Gasteiger partial charge in [-0.1, -0.05) is 42.0 Å². The molecule has 0 atom stereocenters. The number of piperazine rings is 1. The fraction of sp³-hybridized carbons (Fsp3) is 0.480. The Hall–Kier alpha value is -2.93. The zero-order valence-corrected chi connectivity index (χ0v) is 19.2. The van der Waals surface area contributed by atoms with Gasteiger partial charge in [-0.3, -0.25) is 9.89 Å². The third kappa shape index (κ3) is 6.29. The number of rotatable bonds is 6. The first-order valence-corrected chi connectivity index (χ1v) is 11.8. The summed E-state index contributed by atoms with van der Waals surface area (Å²) in [6, 6.07) is 12.5. The predicted molar refractivity (Wildman–Crippen MR) is 132 cm³/mol. The van der Waals surface area contributed by atoms with Gasteiger partial charge in [0.25, 0.3) is 0 Å². The highest BCUT2D eigenvalue weighted by atomic mass is 15.3. The minimum absolute atomic E-state index is 0.827. The molecule has 2 aliphatic rings. The minimum Gasteiger partial charge on any atom is -0.357 e. The normalized spacial score (nSPS) is 18.0. The lowest BCUT2D eigenvalue weighted by Crippen LogP contribution is -2.48. The monoisotopic (exact) mass is 433 g/mol. The number of hydrogen-bond acceptors (Lipinski definition) is 5. The van der Waals surface area contributed by atoms with Gasteiger partial charge in [-0.05, 0) is 31.4 Å². The van der Waals surface area contributed by atoms with Crippen molar-refractivity contribution in [3.63, 3.8) is 0 Å². The molecule has 2 aliphatic heterocycles. The summed E-state index contributed by atoms with van der Waals surface area (Å²) < 4.78 is 0. The standard InChI is InChI=1S/C25H35N7/c1-2-26-24(31-14-9-23(10-15-31)21-22-7-4-3-5-8-22)29-13-16-30-17-19-32(20-18-30)25-27-11-6-12-28-25/h3-8,11-12,21H,2,9-10,13-20H2,1H3,(H,26,29). The van der Waals surface area contributed by atoms with Gasteiger partial charge in [0.1, 0.15) is 0 Å². The molecule has 2 saturated heterocycles. The highest BCUT2D eigenvalue weighted by Crippen LogP contribution is 2.19. The van der Waals surface area contributed by atoms with E-state index in [1.165, 1.54) is 11.1 Å². The van der Waals surface area contributed by atoms with E-state index in [-0.39, 0.29) is 0 Å². The van der Waals surface area contributed by atoms with Gasteiger partial charge < -0.3 is 15.1 Å². The highest BCUT2D eigenvalue weighted by molar-refractivity contribution is 5.80. The Morgan fingerprint density at radius 3 is 2.38 bits per heavy atom. The molecule has 32 heavy (non-hydrogen) atoms. The van der Waals surface area contributed by atoms with E-state index in [0.717, 1.165) is 83.7 Å². The summed E-state index contributed by atoms with van der Waals surface area (Å²) in [6.07, 6.45) is 8.17. The van der Waals surface area contributed by atoms with E-state index in [1.54, 1.807) is 0 Å². The first kappa shape index (κ1) is 22.3. The van der Waals surface area contributed by atoms with E-state index < -0.39 is 0 Å². The molecule has 7 nitrogen and oxygen atoms in total. The van der Waals surface area contributed by atoms with Crippen LogP contribution in [0.5, 0.6) is 0 Å². The maximum absolute atomic E-state index is 4.95. The maximum atomic E-state index is 4.95. The molecular formula is C25H35N7. The maximum Gasteiger partial charge on any atom is 0.225 e. The van der Waals surface area contributed by atoms with Crippen LogP contribution in [0.1, 0.15) is 25.3 Å². The van der Waals surface area contributed by atoms with Crippen molar-refractivity contribution < 1.29 is 0 Å². The van der Waals surface area contributed by atoms with E-state index >= 15 is 0 Å². The molecule has 0 spiro atoms. The number of aromatic nitrogens is 2. The number of likely N-dealkylation sites (tertiary alicyclic amines) is 1. The van der Waals surface area contributed by atoms with Crippen molar-refractivity contribution in [1.82, 2.24) is 25.1 Å². The lowest BCUT2D eigenvalue weighted by Gasteiger charge is -2.34. The van der Waals surface area contributed by atoms with Crippen LogP contribution in [0.2, 0.25) is 0 Å². The second-order valence-corrected chi connectivity index (χ2v) is 8.31. The van der Waals surface area contributed by atoms with Gasteiger partial charge >= 0.3 is 0 Å². The van der Waals surface area contributed by atoms with Crippen molar-refractivity contribution in [3.05, 3.63) is 59.9 Å². The van der Waals surface area contributed by atoms with Gasteiger partial charge in [0.2, 0.25) is 5.95 Å². The molecule has 1 aromatic heterocycles. The van der Waals surface area contributed by atoms with Crippen LogP contribution in [0.15, 0.2) is 59.4 Å². The fourth-order valence-electron chi connectivity index (χ4n) is 4.28. The van der Waals surface area contributed by atoms with Crippen LogP contribution >= 0.6 is 0 Å². The lowest BCUT2D eigenvalue weighted by atomic mass is 10.0. The molecule has 0 radical (unpaired) electrons. The molecule has 4 rings (SSSR count). The zero-order chi connectivity index (χ0) is 22.0. The van der Waals surface area contributed by atoms with E-state index in [1.807, 2.05) is 18.5 Å². The van der Waals surface area contributed by atoms with Crippen molar-refractivity contribution in [3.8, 4) is 0 Å². The Morgan fingerprint density at radius 2 is 1.69 bits per heavy atom. The van der Waals surface area contributed by atoms with Crippen LogP contribution in [0.4, 0.5) is 5.95 Å². The Labute approximate surface area is 191 Å². The van der Waals surface area contributed by atoms with E-state index in [9.17, 15) is 0 Å². The summed E-state index contributed by atoms with van der Waals surface area (Å²) in [7, 11) is 0. The number of nitrogens with zero attached hydrogens (tertiary/aromatic N) is 6. The Morgan fingerprint density at radius 1 is 0.969 bits per heavy atom. The number of anilines is 1. The Kier molecular flexibility index (Phi) is 8.09. The zero-order valence-electron chi connectivity index (χ0n) is 19.2. The number of benzene rings is 1. The Bertz CT molecular complexity index is 864. The summed E-state index contributed by atoms with van der Waals surface area (Å²) in [6.45, 7) is 10.9. The van der Waals surface area contributed by atoms with Gasteiger partial charge in [-0.15, -0.1) is 0 Å². The van der Waals surface area contributed by atoms with Gasteiger partial charge in [0.15, 0.2) is 5.96 Å². The second-order valence-electron chi connectivity index (χ2n) is 8.31. The number of guanidine groups is 1. The van der Waals surface area contributed by atoms with Crippen LogP contribution in [-0.4, -0.2) is 84.6 Å². The van der Waals surface area contributed by atoms with Crippen molar-refractivity contribution in [2.24, 2.45) is 4.99 Å². The lowest BCUT2D eigenvalue weighted by molar-refractivity contribution is 0.263. The van der Waals surface area contributed by atoms with Gasteiger partial charge in [-0.25, -0.2) is 9.97 Å². The van der Waals surface area contributed by atoms with Crippen LogP contribution in [0.25, 0.3) is 6.08 Å². The molecule has 1 aromatic carbocycles. The minimum atomic E-state index is 0.827. The average molecular weight is 434 g/mol. The van der Waals surface area contributed by atoms with Crippen molar-refractivity contribution in [2.75, 3.05) is 63.8 Å². The predicted octanol–water partition coefficient (Wildman–Crippen LogP) is 2.74. The quantitative estimate of drug-likeness (QED) is 0.558. The molecule has 0 amide bonds. The summed E-state index contributed by atoms with van der Waals surface area (Å²) in [5.41, 5.74) is 2.83. The number of aliphatic imine (C=N–C) groups is 1. The second kappa shape index (κ2) is 11.6. The molecule has 0 unspecified atom stereocenters. The van der Waals surface area contributed by atoms with Gasteiger partial charge in [0, 0.05) is 64.8 Å². The smallest absolute Gasteiger partial charge is 0.225 e. The third-order valence-electron chi connectivity index (χ3n) is 6.10. The largest absolute Gasteiger partial charge is 0.357 e. The van der Waals surface area contributed by atoms with Crippen LogP contribution < -0.4 is 10.2 Å². The molecule has 170 valence electrons. The molecule has 0 saturated carbocycles. The SMILES string of the molecule is CCNC(=NCCN1CCN(c2ncccn2)CC1)N1CCC(=Cc2ccccc2)CC1. The van der Waals surface area contributed by atoms with E-state index in [2.05, 4.69) is 73.3 Å². The van der Waals surface area contributed by atoms with Crippen molar-refractivity contribution >= 4 is 18.0 Å². The summed E-state index contributed by atoms with van der Waals surface area (Å²) >= 11 is 0. The average Bonchev–Trinajstić information content (AvgIpc) is 2.86. The molecule has 7 heteroatoms. The highest BCUT2D eigenvalue weighted by Gasteiger charge is 2.19. The fourth-order valence-corrected chi connectivity index (χ4v) is 4.28. The third-order valence-corrected chi connectivity index (χ3v) is 6.10. The van der Waals surface area contributed by atoms with Gasteiger partial charge in [0.05, 0.1) is 6.54 Å². The van der Waals surface area contributed by atoms with Gasteiger partial charge in [-0.2, -0.15) is 0 Å². The molecule has 2 fully saturated rings. The van der Waals surface area contributed by atoms with Crippen LogP contribution in [0, 0.1) is 0 Å². The number of hydrogen-bond donors (Lipinski definition) is 1. The molecule has 1 N–H and O–H groups in total. The molecular weight excluding hydrogens is 398 g/mol.